The van der Waals surface area contributed by atoms with Crippen LogP contribution in [0.2, 0.25) is 0 Å². The summed E-state index contributed by atoms with van der Waals surface area (Å²) in [5.74, 6) is 0.719. The minimum Gasteiger partial charge on any atom is -0.149 e. The van der Waals surface area contributed by atoms with E-state index in [2.05, 4.69) is 57.7 Å². The summed E-state index contributed by atoms with van der Waals surface area (Å²) in [6, 6.07) is 13.2. The first-order valence-electron chi connectivity index (χ1n) is 5.59. The minimum absolute atomic E-state index is 0.533. The maximum Gasteiger partial charge on any atom is 0.0432 e. The molecule has 0 saturated heterocycles. The zero-order chi connectivity index (χ0) is 11.0. The Kier molecular flexibility index (Phi) is 2.86. The van der Waals surface area contributed by atoms with E-state index in [1.165, 1.54) is 28.8 Å². The first-order valence-corrected chi connectivity index (χ1v) is 7.38. The summed E-state index contributed by atoms with van der Waals surface area (Å²) in [6.45, 7) is 0. The second-order valence-electron chi connectivity index (χ2n) is 4.35. The van der Waals surface area contributed by atoms with Gasteiger partial charge in [0.05, 0.1) is 0 Å². The van der Waals surface area contributed by atoms with Gasteiger partial charge in [-0.1, -0.05) is 46.3 Å². The third-order valence-corrected chi connectivity index (χ3v) is 5.43. The fourth-order valence-electron chi connectivity index (χ4n) is 2.49. The Morgan fingerprint density at radius 1 is 1.19 bits per heavy atom. The van der Waals surface area contributed by atoms with Gasteiger partial charge in [-0.25, -0.2) is 0 Å². The van der Waals surface area contributed by atoms with Gasteiger partial charge in [-0.3, -0.25) is 0 Å². The van der Waals surface area contributed by atoms with Crippen molar-refractivity contribution in [2.75, 3.05) is 0 Å². The largest absolute Gasteiger partial charge is 0.149 e. The van der Waals surface area contributed by atoms with E-state index in [0.717, 1.165) is 5.92 Å². The first-order chi connectivity index (χ1) is 7.84. The fourth-order valence-corrected chi connectivity index (χ4v) is 4.11. The van der Waals surface area contributed by atoms with Gasteiger partial charge in [-0.2, -0.15) is 0 Å². The third kappa shape index (κ3) is 1.85. The number of hydrogen-bond acceptors (Lipinski definition) is 1. The lowest BCUT2D eigenvalue weighted by Gasteiger charge is -2.13. The van der Waals surface area contributed by atoms with Crippen molar-refractivity contribution in [2.24, 2.45) is 5.92 Å². The van der Waals surface area contributed by atoms with E-state index >= 15 is 0 Å². The molecule has 82 valence electrons. The second-order valence-corrected chi connectivity index (χ2v) is 6.37. The quantitative estimate of drug-likeness (QED) is 0.710. The lowest BCUT2D eigenvalue weighted by molar-refractivity contribution is 0.560. The lowest BCUT2D eigenvalue weighted by Crippen LogP contribution is -2.05. The number of hydrogen-bond donors (Lipinski definition) is 0. The number of thiophene rings is 1. The zero-order valence-electron chi connectivity index (χ0n) is 8.90. The van der Waals surface area contributed by atoms with E-state index in [0.29, 0.717) is 4.83 Å². The Hall–Kier alpha value is -0.600. The Morgan fingerprint density at radius 2 is 2.06 bits per heavy atom. The van der Waals surface area contributed by atoms with Crippen molar-refractivity contribution in [3.63, 3.8) is 0 Å². The summed E-state index contributed by atoms with van der Waals surface area (Å²) in [5.41, 5.74) is 3.01. The minimum atomic E-state index is 0.533. The van der Waals surface area contributed by atoms with Crippen LogP contribution >= 0.6 is 27.3 Å². The molecule has 0 fully saturated rings. The lowest BCUT2D eigenvalue weighted by atomic mass is 10.0. The molecule has 0 amide bonds. The smallest absolute Gasteiger partial charge is 0.0432 e. The van der Waals surface area contributed by atoms with Gasteiger partial charge in [0.15, 0.2) is 0 Å². The molecule has 0 spiro atoms. The van der Waals surface area contributed by atoms with Crippen LogP contribution in [0.3, 0.4) is 0 Å². The Morgan fingerprint density at radius 3 is 2.81 bits per heavy atom. The average Bonchev–Trinajstić information content (AvgIpc) is 2.90. The van der Waals surface area contributed by atoms with Crippen molar-refractivity contribution in [2.45, 2.75) is 17.7 Å². The van der Waals surface area contributed by atoms with E-state index in [4.69, 9.17) is 0 Å². The molecule has 0 aliphatic heterocycles. The number of alkyl halides is 1. The normalized spacial score (nSPS) is 23.3. The summed E-state index contributed by atoms with van der Waals surface area (Å²) < 4.78 is 0. The highest BCUT2D eigenvalue weighted by atomic mass is 79.9. The van der Waals surface area contributed by atoms with Crippen LogP contribution in [0.4, 0.5) is 0 Å². The molecule has 2 heteroatoms. The van der Waals surface area contributed by atoms with Crippen LogP contribution < -0.4 is 0 Å². The molecule has 0 radical (unpaired) electrons. The molecule has 1 aliphatic rings. The van der Waals surface area contributed by atoms with Gasteiger partial charge in [0.2, 0.25) is 0 Å². The van der Waals surface area contributed by atoms with Crippen molar-refractivity contribution in [1.29, 1.82) is 0 Å². The van der Waals surface area contributed by atoms with Crippen molar-refractivity contribution in [1.82, 2.24) is 0 Å². The summed E-state index contributed by atoms with van der Waals surface area (Å²) in [4.78, 5) is 2.04. The summed E-state index contributed by atoms with van der Waals surface area (Å²) in [7, 11) is 0. The SMILES string of the molecule is BrC1c2ccccc2CC1Cc1cccs1. The molecule has 2 aromatic rings. The summed E-state index contributed by atoms with van der Waals surface area (Å²) in [6.07, 6.45) is 2.41. The zero-order valence-corrected chi connectivity index (χ0v) is 11.3. The van der Waals surface area contributed by atoms with E-state index in [1.54, 1.807) is 0 Å². The molecule has 0 N–H and O–H groups in total. The van der Waals surface area contributed by atoms with Gasteiger partial charge in [0, 0.05) is 9.70 Å². The van der Waals surface area contributed by atoms with Gasteiger partial charge < -0.3 is 0 Å². The van der Waals surface area contributed by atoms with Gasteiger partial charge in [0.1, 0.15) is 0 Å². The highest BCUT2D eigenvalue weighted by Crippen LogP contribution is 2.43. The Bertz CT molecular complexity index is 473. The molecule has 1 aromatic heterocycles. The predicted octanol–water partition coefficient (Wildman–Crippen LogP) is 4.60. The van der Waals surface area contributed by atoms with Crippen LogP contribution in [-0.2, 0) is 12.8 Å². The molecule has 1 heterocycles. The molecule has 16 heavy (non-hydrogen) atoms. The summed E-state index contributed by atoms with van der Waals surface area (Å²) in [5, 5.41) is 2.17. The molecule has 1 aromatic carbocycles. The molecule has 0 saturated carbocycles. The Balaban J connectivity index is 1.82. The molecule has 2 atom stereocenters. The highest BCUT2D eigenvalue weighted by molar-refractivity contribution is 9.09. The van der Waals surface area contributed by atoms with E-state index < -0.39 is 0 Å². The van der Waals surface area contributed by atoms with E-state index in [-0.39, 0.29) is 0 Å². The molecule has 0 nitrogen and oxygen atoms in total. The van der Waals surface area contributed by atoms with Crippen LogP contribution in [0.25, 0.3) is 0 Å². The van der Waals surface area contributed by atoms with Gasteiger partial charge in [-0.15, -0.1) is 11.3 Å². The van der Waals surface area contributed by atoms with Crippen LogP contribution in [0, 0.1) is 5.92 Å². The monoisotopic (exact) mass is 292 g/mol. The fraction of sp³-hybridized carbons (Fsp3) is 0.286. The van der Waals surface area contributed by atoms with Crippen molar-refractivity contribution in [3.8, 4) is 0 Å². The van der Waals surface area contributed by atoms with Crippen LogP contribution in [0.5, 0.6) is 0 Å². The van der Waals surface area contributed by atoms with Crippen molar-refractivity contribution >= 4 is 27.3 Å². The molecule has 1 aliphatic carbocycles. The maximum absolute atomic E-state index is 3.85. The highest BCUT2D eigenvalue weighted by Gasteiger charge is 2.30. The first kappa shape index (κ1) is 10.5. The number of rotatable bonds is 2. The summed E-state index contributed by atoms with van der Waals surface area (Å²) >= 11 is 5.72. The van der Waals surface area contributed by atoms with Crippen LogP contribution in [0.15, 0.2) is 41.8 Å². The van der Waals surface area contributed by atoms with Crippen molar-refractivity contribution < 1.29 is 0 Å². The van der Waals surface area contributed by atoms with Gasteiger partial charge in [-0.05, 0) is 41.3 Å². The second kappa shape index (κ2) is 4.34. The number of halogens is 1. The average molecular weight is 293 g/mol. The number of benzene rings is 1. The van der Waals surface area contributed by atoms with Crippen LogP contribution in [0.1, 0.15) is 20.8 Å². The molecule has 2 unspecified atom stereocenters. The van der Waals surface area contributed by atoms with Crippen LogP contribution in [-0.4, -0.2) is 0 Å². The van der Waals surface area contributed by atoms with E-state index in [9.17, 15) is 0 Å². The Labute approximate surface area is 108 Å². The van der Waals surface area contributed by atoms with Crippen molar-refractivity contribution in [3.05, 3.63) is 57.8 Å². The number of fused-ring (bicyclic) bond motifs is 1. The third-order valence-electron chi connectivity index (χ3n) is 3.29. The maximum atomic E-state index is 3.85. The van der Waals surface area contributed by atoms with Gasteiger partial charge in [0.25, 0.3) is 0 Å². The van der Waals surface area contributed by atoms with E-state index in [1.807, 2.05) is 11.3 Å². The standard InChI is InChI=1S/C14H13BrS/c15-14-11(9-12-5-3-7-16-12)8-10-4-1-2-6-13(10)14/h1-7,11,14H,8-9H2. The molecule has 0 bridgehead atoms. The molecular formula is C14H13BrS. The topological polar surface area (TPSA) is 0 Å². The van der Waals surface area contributed by atoms with Gasteiger partial charge >= 0.3 is 0 Å². The molecule has 3 rings (SSSR count). The molecular weight excluding hydrogens is 280 g/mol. The predicted molar refractivity (Wildman–Crippen MR) is 73.3 cm³/mol.